The first-order valence-corrected chi connectivity index (χ1v) is 11.8. The molecule has 0 bridgehead atoms. The van der Waals surface area contributed by atoms with Gasteiger partial charge in [0.05, 0.1) is 39.4 Å². The van der Waals surface area contributed by atoms with Crippen molar-refractivity contribution in [3.8, 4) is 11.5 Å². The molecule has 2 atom stereocenters. The molecule has 1 N–H and O–H groups in total. The minimum absolute atomic E-state index is 0.0761. The fraction of sp³-hybridized carbons (Fsp3) is 0.462. The van der Waals surface area contributed by atoms with Crippen molar-refractivity contribution in [3.63, 3.8) is 0 Å². The number of fused-ring (bicyclic) bond motifs is 4. The van der Waals surface area contributed by atoms with Gasteiger partial charge in [0.15, 0.2) is 11.5 Å². The number of hydrogen-bond donors (Lipinski definition) is 1. The highest BCUT2D eigenvalue weighted by Crippen LogP contribution is 2.48. The van der Waals surface area contributed by atoms with Crippen molar-refractivity contribution in [1.82, 2.24) is 15.1 Å². The Labute approximate surface area is 199 Å². The van der Waals surface area contributed by atoms with Crippen molar-refractivity contribution in [2.45, 2.75) is 18.4 Å². The molecule has 8 nitrogen and oxygen atoms in total. The molecule has 1 saturated heterocycles. The second kappa shape index (κ2) is 9.64. The summed E-state index contributed by atoms with van der Waals surface area (Å²) in [6, 6.07) is 11.3. The maximum atomic E-state index is 13.8. The molecule has 5 rings (SSSR count). The molecular formula is C26H31N3O5. The number of ether oxygens (including phenoxy) is 3. The minimum Gasteiger partial charge on any atom is -0.493 e. The lowest BCUT2D eigenvalue weighted by Gasteiger charge is -2.45. The summed E-state index contributed by atoms with van der Waals surface area (Å²) in [4.78, 5) is 31.5. The third-order valence-corrected chi connectivity index (χ3v) is 7.14. The summed E-state index contributed by atoms with van der Waals surface area (Å²) in [5.74, 6) is 0.294. The number of carbonyl (C=O) groups is 2. The summed E-state index contributed by atoms with van der Waals surface area (Å²) in [6.07, 6.45) is 0.770. The molecule has 2 aromatic carbocycles. The maximum Gasteiger partial charge on any atom is 0.254 e. The van der Waals surface area contributed by atoms with E-state index in [2.05, 4.69) is 16.3 Å². The average Bonchev–Trinajstić information content (AvgIpc) is 2.88. The molecule has 0 spiro atoms. The normalized spacial score (nSPS) is 21.8. The molecule has 8 heteroatoms. The smallest absolute Gasteiger partial charge is 0.254 e. The van der Waals surface area contributed by atoms with E-state index >= 15 is 0 Å². The fourth-order valence-electron chi connectivity index (χ4n) is 5.40. The van der Waals surface area contributed by atoms with Crippen LogP contribution in [0.15, 0.2) is 36.4 Å². The lowest BCUT2D eigenvalue weighted by molar-refractivity contribution is -0.124. The molecule has 0 saturated carbocycles. The molecule has 3 aliphatic rings. The zero-order valence-corrected chi connectivity index (χ0v) is 19.7. The van der Waals surface area contributed by atoms with Crippen LogP contribution in [0.4, 0.5) is 0 Å². The van der Waals surface area contributed by atoms with Gasteiger partial charge in [-0.05, 0) is 35.2 Å². The Hall–Kier alpha value is -3.10. The number of benzene rings is 2. The van der Waals surface area contributed by atoms with Crippen LogP contribution < -0.4 is 14.8 Å². The maximum absolute atomic E-state index is 13.8. The van der Waals surface area contributed by atoms with E-state index in [4.69, 9.17) is 14.2 Å². The molecule has 3 heterocycles. The zero-order chi connectivity index (χ0) is 23.7. The van der Waals surface area contributed by atoms with Crippen LogP contribution in [0.2, 0.25) is 0 Å². The van der Waals surface area contributed by atoms with E-state index in [-0.39, 0.29) is 17.9 Å². The van der Waals surface area contributed by atoms with E-state index in [0.717, 1.165) is 44.8 Å². The van der Waals surface area contributed by atoms with Crippen LogP contribution in [0.5, 0.6) is 11.5 Å². The van der Waals surface area contributed by atoms with E-state index in [1.165, 1.54) is 5.56 Å². The van der Waals surface area contributed by atoms with Crippen LogP contribution in [0.25, 0.3) is 0 Å². The molecule has 180 valence electrons. The van der Waals surface area contributed by atoms with Gasteiger partial charge < -0.3 is 24.4 Å². The van der Waals surface area contributed by atoms with Gasteiger partial charge in [-0.25, -0.2) is 0 Å². The molecular weight excluding hydrogens is 434 g/mol. The predicted molar refractivity (Wildman–Crippen MR) is 126 cm³/mol. The monoisotopic (exact) mass is 465 g/mol. The highest BCUT2D eigenvalue weighted by atomic mass is 16.5. The molecule has 0 aliphatic carbocycles. The third kappa shape index (κ3) is 4.01. The summed E-state index contributed by atoms with van der Waals surface area (Å²) in [5.41, 5.74) is 3.41. The number of morpholine rings is 1. The van der Waals surface area contributed by atoms with E-state index in [1.54, 1.807) is 26.4 Å². The lowest BCUT2D eigenvalue weighted by atomic mass is 9.75. The SMILES string of the molecule is COc1cc2c(cc1OC)[C@H](C(=O)NCCN1CCOCC1)[C@H]1c3ccccc3CCN1C2=O. The summed E-state index contributed by atoms with van der Waals surface area (Å²) < 4.78 is 16.4. The first-order valence-electron chi connectivity index (χ1n) is 11.8. The van der Waals surface area contributed by atoms with Gasteiger partial charge in [0.25, 0.3) is 5.91 Å². The van der Waals surface area contributed by atoms with Crippen LogP contribution in [0.3, 0.4) is 0 Å². The molecule has 1 fully saturated rings. The second-order valence-corrected chi connectivity index (χ2v) is 8.91. The van der Waals surface area contributed by atoms with E-state index in [9.17, 15) is 9.59 Å². The number of rotatable bonds is 6. The largest absolute Gasteiger partial charge is 0.493 e. The molecule has 34 heavy (non-hydrogen) atoms. The first kappa shape index (κ1) is 22.7. The Balaban J connectivity index is 1.51. The quantitative estimate of drug-likeness (QED) is 0.703. The number of nitrogens with zero attached hydrogens (tertiary/aromatic N) is 2. The van der Waals surface area contributed by atoms with Gasteiger partial charge in [0, 0.05) is 38.3 Å². The average molecular weight is 466 g/mol. The lowest BCUT2D eigenvalue weighted by Crippen LogP contribution is -2.50. The number of amides is 2. The van der Waals surface area contributed by atoms with Gasteiger partial charge in [0.1, 0.15) is 0 Å². The fourth-order valence-corrected chi connectivity index (χ4v) is 5.40. The molecule has 3 aliphatic heterocycles. The number of methoxy groups -OCH3 is 2. The van der Waals surface area contributed by atoms with E-state index < -0.39 is 5.92 Å². The summed E-state index contributed by atoms with van der Waals surface area (Å²) in [6.45, 7) is 5.08. The van der Waals surface area contributed by atoms with Gasteiger partial charge in [-0.3, -0.25) is 14.5 Å². The van der Waals surface area contributed by atoms with E-state index in [0.29, 0.717) is 35.7 Å². The third-order valence-electron chi connectivity index (χ3n) is 7.14. The van der Waals surface area contributed by atoms with E-state index in [1.807, 2.05) is 23.1 Å². The standard InChI is InChI=1S/C26H31N3O5/c1-32-21-15-19-20(16-22(21)33-2)26(31)29-9-7-17-5-3-4-6-18(17)24(29)23(19)25(30)27-8-10-28-11-13-34-14-12-28/h3-6,15-16,23-24H,7-14H2,1-2H3,(H,27,30)/t23-,24+/m0/s1. The number of hydrogen-bond acceptors (Lipinski definition) is 6. The van der Waals surface area contributed by atoms with Gasteiger partial charge in [-0.2, -0.15) is 0 Å². The van der Waals surface area contributed by atoms with Crippen LogP contribution in [-0.4, -0.2) is 81.8 Å². The highest BCUT2D eigenvalue weighted by Gasteiger charge is 2.46. The second-order valence-electron chi connectivity index (χ2n) is 8.91. The molecule has 2 amide bonds. The Morgan fingerprint density at radius 3 is 2.56 bits per heavy atom. The molecule has 0 radical (unpaired) electrons. The number of nitrogens with one attached hydrogen (secondary N) is 1. The Morgan fingerprint density at radius 2 is 1.79 bits per heavy atom. The van der Waals surface area contributed by atoms with Crippen LogP contribution >= 0.6 is 0 Å². The predicted octanol–water partition coefficient (Wildman–Crippen LogP) is 1.99. The minimum atomic E-state index is -0.543. The molecule has 0 unspecified atom stereocenters. The van der Waals surface area contributed by atoms with Crippen LogP contribution in [0.1, 0.15) is 39.0 Å². The summed E-state index contributed by atoms with van der Waals surface area (Å²) in [7, 11) is 3.11. The summed E-state index contributed by atoms with van der Waals surface area (Å²) >= 11 is 0. The molecule has 2 aromatic rings. The van der Waals surface area contributed by atoms with Crippen molar-refractivity contribution >= 4 is 11.8 Å². The van der Waals surface area contributed by atoms with Gasteiger partial charge >= 0.3 is 0 Å². The van der Waals surface area contributed by atoms with Crippen molar-refractivity contribution in [1.29, 1.82) is 0 Å². The highest BCUT2D eigenvalue weighted by molar-refractivity contribution is 6.02. The zero-order valence-electron chi connectivity index (χ0n) is 19.7. The van der Waals surface area contributed by atoms with Crippen LogP contribution in [-0.2, 0) is 16.0 Å². The van der Waals surface area contributed by atoms with Gasteiger partial charge in [-0.1, -0.05) is 24.3 Å². The first-order chi connectivity index (χ1) is 16.6. The topological polar surface area (TPSA) is 80.3 Å². The molecule has 0 aromatic heterocycles. The Morgan fingerprint density at radius 1 is 1.06 bits per heavy atom. The van der Waals surface area contributed by atoms with Crippen molar-refractivity contribution in [2.75, 3.05) is 60.2 Å². The van der Waals surface area contributed by atoms with Crippen molar-refractivity contribution in [2.24, 2.45) is 0 Å². The van der Waals surface area contributed by atoms with Crippen molar-refractivity contribution < 1.29 is 23.8 Å². The number of carbonyl (C=O) groups excluding carboxylic acids is 2. The van der Waals surface area contributed by atoms with Crippen molar-refractivity contribution in [3.05, 3.63) is 58.7 Å². The Bertz CT molecular complexity index is 1080. The summed E-state index contributed by atoms with van der Waals surface area (Å²) in [5, 5.41) is 3.15. The van der Waals surface area contributed by atoms with Gasteiger partial charge in [0.2, 0.25) is 5.91 Å². The Kier molecular flexibility index (Phi) is 6.43. The van der Waals surface area contributed by atoms with Crippen LogP contribution in [0, 0.1) is 0 Å². The van der Waals surface area contributed by atoms with Gasteiger partial charge in [-0.15, -0.1) is 0 Å².